The van der Waals surface area contributed by atoms with E-state index in [1.165, 1.54) is 6.07 Å². The predicted molar refractivity (Wildman–Crippen MR) is 98.3 cm³/mol. The summed E-state index contributed by atoms with van der Waals surface area (Å²) < 4.78 is 24.9. The highest BCUT2D eigenvalue weighted by atomic mass is 19.1. The summed E-state index contributed by atoms with van der Waals surface area (Å²) in [4.78, 5) is 14.0. The van der Waals surface area contributed by atoms with Crippen molar-refractivity contribution in [2.45, 2.75) is 6.54 Å². The highest BCUT2D eigenvalue weighted by Crippen LogP contribution is 2.24. The van der Waals surface area contributed by atoms with Crippen molar-refractivity contribution in [1.29, 1.82) is 0 Å². The molecule has 0 spiro atoms. The summed E-state index contributed by atoms with van der Waals surface area (Å²) in [6, 6.07) is 11.7. The van der Waals surface area contributed by atoms with Crippen LogP contribution in [0.3, 0.4) is 0 Å². The molecule has 0 saturated carbocycles. The molecule has 0 radical (unpaired) electrons. The summed E-state index contributed by atoms with van der Waals surface area (Å²) in [6.45, 7) is 2.80. The van der Waals surface area contributed by atoms with Crippen molar-refractivity contribution in [3.63, 3.8) is 0 Å². The topological polar surface area (TPSA) is 62.8 Å². The van der Waals surface area contributed by atoms with E-state index in [4.69, 9.17) is 9.47 Å². The van der Waals surface area contributed by atoms with Crippen LogP contribution in [0.4, 0.5) is 20.6 Å². The van der Waals surface area contributed by atoms with Crippen molar-refractivity contribution >= 4 is 17.4 Å². The molecule has 26 heavy (non-hydrogen) atoms. The van der Waals surface area contributed by atoms with Gasteiger partial charge in [-0.2, -0.15) is 0 Å². The number of amides is 2. The van der Waals surface area contributed by atoms with Gasteiger partial charge in [0.1, 0.15) is 11.6 Å². The Morgan fingerprint density at radius 3 is 2.73 bits per heavy atom. The third-order valence-electron chi connectivity index (χ3n) is 4.19. The Labute approximate surface area is 151 Å². The van der Waals surface area contributed by atoms with E-state index < -0.39 is 6.03 Å². The summed E-state index contributed by atoms with van der Waals surface area (Å²) in [5, 5.41) is 5.39. The zero-order chi connectivity index (χ0) is 18.4. The van der Waals surface area contributed by atoms with Crippen LogP contribution in [-0.4, -0.2) is 39.4 Å². The lowest BCUT2D eigenvalue weighted by Gasteiger charge is -2.29. The zero-order valence-corrected chi connectivity index (χ0v) is 14.6. The van der Waals surface area contributed by atoms with Crippen molar-refractivity contribution in [1.82, 2.24) is 5.32 Å². The number of methoxy groups -OCH3 is 1. The van der Waals surface area contributed by atoms with Crippen LogP contribution in [0.5, 0.6) is 5.75 Å². The molecular weight excluding hydrogens is 337 g/mol. The quantitative estimate of drug-likeness (QED) is 0.862. The van der Waals surface area contributed by atoms with Gasteiger partial charge >= 0.3 is 6.03 Å². The molecule has 1 aliphatic rings. The molecule has 0 aromatic heterocycles. The predicted octanol–water partition coefficient (Wildman–Crippen LogP) is 2.99. The van der Waals surface area contributed by atoms with Crippen molar-refractivity contribution in [2.75, 3.05) is 43.6 Å². The number of anilines is 2. The molecule has 1 aliphatic heterocycles. The van der Waals surface area contributed by atoms with Crippen LogP contribution in [0.25, 0.3) is 0 Å². The van der Waals surface area contributed by atoms with Crippen molar-refractivity contribution in [2.24, 2.45) is 0 Å². The van der Waals surface area contributed by atoms with E-state index in [1.807, 2.05) is 29.2 Å². The molecule has 1 fully saturated rings. The van der Waals surface area contributed by atoms with E-state index in [0.717, 1.165) is 5.56 Å². The van der Waals surface area contributed by atoms with Gasteiger partial charge < -0.3 is 25.0 Å². The highest BCUT2D eigenvalue weighted by Gasteiger charge is 2.15. The van der Waals surface area contributed by atoms with E-state index in [1.54, 1.807) is 19.2 Å². The Balaban J connectivity index is 1.58. The fourth-order valence-corrected chi connectivity index (χ4v) is 2.85. The van der Waals surface area contributed by atoms with E-state index in [-0.39, 0.29) is 5.82 Å². The molecule has 1 heterocycles. The fourth-order valence-electron chi connectivity index (χ4n) is 2.85. The number of carbonyl (C=O) groups is 1. The van der Waals surface area contributed by atoms with Gasteiger partial charge in [-0.3, -0.25) is 0 Å². The summed E-state index contributed by atoms with van der Waals surface area (Å²) in [5.74, 6) is 0.336. The smallest absolute Gasteiger partial charge is 0.319 e. The lowest BCUT2D eigenvalue weighted by atomic mass is 10.2. The molecular formula is C19H22FN3O3. The van der Waals surface area contributed by atoms with Gasteiger partial charge in [-0.1, -0.05) is 18.2 Å². The number of nitrogens with one attached hydrogen (secondary N) is 2. The van der Waals surface area contributed by atoms with Crippen LogP contribution >= 0.6 is 0 Å². The molecule has 138 valence electrons. The highest BCUT2D eigenvalue weighted by molar-refractivity contribution is 5.89. The van der Waals surface area contributed by atoms with E-state index in [9.17, 15) is 9.18 Å². The second kappa shape index (κ2) is 8.53. The first kappa shape index (κ1) is 18.0. The first-order valence-corrected chi connectivity index (χ1v) is 8.46. The SMILES string of the molecule is COc1ccccc1CNC(=O)Nc1ccc(N2CCOCC2)c(F)c1. The number of benzene rings is 2. The minimum Gasteiger partial charge on any atom is -0.496 e. The minimum atomic E-state index is -0.408. The molecule has 2 amide bonds. The van der Waals surface area contributed by atoms with Gasteiger partial charge in [-0.15, -0.1) is 0 Å². The molecule has 0 aliphatic carbocycles. The van der Waals surface area contributed by atoms with Gasteiger partial charge in [0.15, 0.2) is 0 Å². The monoisotopic (exact) mass is 359 g/mol. The number of hydrogen-bond donors (Lipinski definition) is 2. The van der Waals surface area contributed by atoms with Gasteiger partial charge in [-0.25, -0.2) is 9.18 Å². The first-order valence-electron chi connectivity index (χ1n) is 8.46. The number of urea groups is 1. The number of halogens is 1. The van der Waals surface area contributed by atoms with Crippen molar-refractivity contribution in [3.8, 4) is 5.75 Å². The van der Waals surface area contributed by atoms with Gasteiger partial charge in [0, 0.05) is 30.9 Å². The molecule has 0 atom stereocenters. The molecule has 2 aromatic rings. The third kappa shape index (κ3) is 4.43. The number of carbonyl (C=O) groups excluding carboxylic acids is 1. The fraction of sp³-hybridized carbons (Fsp3) is 0.316. The Hall–Kier alpha value is -2.80. The Kier molecular flexibility index (Phi) is 5.91. The average Bonchev–Trinajstić information content (AvgIpc) is 2.67. The van der Waals surface area contributed by atoms with Crippen LogP contribution in [0.15, 0.2) is 42.5 Å². The molecule has 2 aromatic carbocycles. The Morgan fingerprint density at radius 1 is 1.23 bits per heavy atom. The number of hydrogen-bond acceptors (Lipinski definition) is 4. The largest absolute Gasteiger partial charge is 0.496 e. The molecule has 6 nitrogen and oxygen atoms in total. The number of morpholine rings is 1. The maximum Gasteiger partial charge on any atom is 0.319 e. The van der Waals surface area contributed by atoms with Crippen LogP contribution in [0.1, 0.15) is 5.56 Å². The average molecular weight is 359 g/mol. The van der Waals surface area contributed by atoms with E-state index in [0.29, 0.717) is 50.0 Å². The standard InChI is InChI=1S/C19H22FN3O3/c1-25-18-5-3-2-4-14(18)13-21-19(24)22-15-6-7-17(16(20)12-15)23-8-10-26-11-9-23/h2-7,12H,8-11,13H2,1H3,(H2,21,22,24). The first-order chi connectivity index (χ1) is 12.7. The van der Waals surface area contributed by atoms with Gasteiger partial charge in [-0.05, 0) is 24.3 Å². The van der Waals surface area contributed by atoms with E-state index in [2.05, 4.69) is 10.6 Å². The summed E-state index contributed by atoms with van der Waals surface area (Å²) >= 11 is 0. The molecule has 3 rings (SSSR count). The van der Waals surface area contributed by atoms with Gasteiger partial charge in [0.2, 0.25) is 0 Å². The molecule has 0 unspecified atom stereocenters. The number of para-hydroxylation sites is 1. The van der Waals surface area contributed by atoms with Crippen LogP contribution in [0, 0.1) is 5.82 Å². The Bertz CT molecular complexity index is 763. The second-order valence-corrected chi connectivity index (χ2v) is 5.89. The lowest BCUT2D eigenvalue weighted by molar-refractivity contribution is 0.122. The minimum absolute atomic E-state index is 0.310. The van der Waals surface area contributed by atoms with Gasteiger partial charge in [0.25, 0.3) is 0 Å². The summed E-state index contributed by atoms with van der Waals surface area (Å²) in [7, 11) is 1.58. The molecule has 2 N–H and O–H groups in total. The second-order valence-electron chi connectivity index (χ2n) is 5.89. The summed E-state index contributed by atoms with van der Waals surface area (Å²) in [5.41, 5.74) is 1.78. The lowest BCUT2D eigenvalue weighted by Crippen LogP contribution is -2.36. The third-order valence-corrected chi connectivity index (χ3v) is 4.19. The summed E-state index contributed by atoms with van der Waals surface area (Å²) in [6.07, 6.45) is 0. The Morgan fingerprint density at radius 2 is 2.00 bits per heavy atom. The normalized spacial score (nSPS) is 14.0. The van der Waals surface area contributed by atoms with Crippen molar-refractivity contribution < 1.29 is 18.7 Å². The van der Waals surface area contributed by atoms with Crippen LogP contribution in [0.2, 0.25) is 0 Å². The van der Waals surface area contributed by atoms with E-state index >= 15 is 0 Å². The van der Waals surface area contributed by atoms with Crippen LogP contribution < -0.4 is 20.3 Å². The number of nitrogens with zero attached hydrogens (tertiary/aromatic N) is 1. The number of ether oxygens (including phenoxy) is 2. The van der Waals surface area contributed by atoms with Crippen molar-refractivity contribution in [3.05, 3.63) is 53.8 Å². The molecule has 1 saturated heterocycles. The van der Waals surface area contributed by atoms with Crippen LogP contribution in [-0.2, 0) is 11.3 Å². The maximum absolute atomic E-state index is 14.4. The molecule has 0 bridgehead atoms. The maximum atomic E-state index is 14.4. The zero-order valence-electron chi connectivity index (χ0n) is 14.6. The number of rotatable bonds is 5. The van der Waals surface area contributed by atoms with Gasteiger partial charge in [0.05, 0.1) is 26.0 Å². The molecule has 7 heteroatoms.